The largest absolute Gasteiger partial charge is 0.481 e. The van der Waals surface area contributed by atoms with Gasteiger partial charge >= 0.3 is 30.0 Å². The highest BCUT2D eigenvalue weighted by Crippen LogP contribution is 2.42. The van der Waals surface area contributed by atoms with Crippen LogP contribution < -0.4 is 63.4 Å². The molecule has 3 aliphatic heterocycles. The van der Waals surface area contributed by atoms with Crippen LogP contribution in [-0.4, -0.2) is 152 Å². The number of thiocarbonyl (C=S) groups is 1. The number of carbonyl (C=O) groups excluding carboxylic acids is 9. The van der Waals surface area contributed by atoms with E-state index in [0.29, 0.717) is 66.3 Å². The highest BCUT2D eigenvalue weighted by molar-refractivity contribution is 7.92. The number of carbonyl (C=O) groups is 10. The lowest BCUT2D eigenvalue weighted by Crippen LogP contribution is -2.59. The van der Waals surface area contributed by atoms with Gasteiger partial charge in [0.05, 0.1) is 64.9 Å². The first-order chi connectivity index (χ1) is 52.9. The SMILES string of the molecule is CCCNC(=O)Nc1cccc(S(=O)(=O)Nc2cccc(C(CC(=O)O)NC(=O)Nc3ccc(NC(=S)N4CCC[C@H]4C(=O)N[C@@H](CC(C)C)C(=O)NCC(=O)N[C@@H](CC(C)C)C(=O)N[C@@H](Cc4c[nH]cn4)C(=O)N[C@H](C(=O)O[C@]4(CC)C(=O)OCc5c4cc4n(c5=O)Cc5cc6ccccc6nc5-4)C(C)C)cc3)c2)c1. The molecule has 6 heterocycles. The van der Waals surface area contributed by atoms with E-state index in [-0.39, 0.29) is 88.7 Å². The minimum atomic E-state index is -4.22. The molecule has 0 radical (unpaired) electrons. The molecule has 1 fully saturated rings. The number of esters is 2. The predicted octanol–water partition coefficient (Wildman–Crippen LogP) is 6.93. The predicted molar refractivity (Wildman–Crippen MR) is 416 cm³/mol. The molecule has 7 atom stereocenters. The highest BCUT2D eigenvalue weighted by atomic mass is 32.2. The number of hydrogen-bond donors (Lipinski definition) is 13. The van der Waals surface area contributed by atoms with E-state index in [2.05, 4.69) is 67.9 Å². The van der Waals surface area contributed by atoms with E-state index in [0.717, 1.165) is 10.9 Å². The maximum atomic E-state index is 14.7. The number of aliphatic carboxylic acids is 1. The van der Waals surface area contributed by atoms with Crippen LogP contribution >= 0.6 is 12.2 Å². The van der Waals surface area contributed by atoms with E-state index in [1.54, 1.807) is 60.6 Å². The van der Waals surface area contributed by atoms with Gasteiger partial charge < -0.3 is 82.2 Å². The Morgan fingerprint density at radius 1 is 0.739 bits per heavy atom. The number of sulfonamides is 1. The molecular formula is C77H92N16O16S2. The number of benzene rings is 4. The van der Waals surface area contributed by atoms with Crippen LogP contribution in [0.2, 0.25) is 0 Å². The molecule has 3 aromatic heterocycles. The molecule has 111 heavy (non-hydrogen) atoms. The number of ether oxygens (including phenoxy) is 2. The van der Waals surface area contributed by atoms with Gasteiger partial charge in [-0.2, -0.15) is 0 Å². The molecule has 0 spiro atoms. The maximum absolute atomic E-state index is 14.7. The fourth-order valence-electron chi connectivity index (χ4n) is 13.4. The average molecular weight is 1560 g/mol. The minimum absolute atomic E-state index is 0.0730. The molecule has 13 N–H and O–H groups in total. The van der Waals surface area contributed by atoms with Crippen LogP contribution in [0.3, 0.4) is 0 Å². The number of anilines is 4. The summed E-state index contributed by atoms with van der Waals surface area (Å²) in [5.74, 6) is -7.76. The molecule has 9 amide bonds. The first kappa shape index (κ1) is 81.7. The van der Waals surface area contributed by atoms with Crippen molar-refractivity contribution in [1.82, 2.24) is 61.6 Å². The van der Waals surface area contributed by atoms with Gasteiger partial charge in [0.15, 0.2) is 5.11 Å². The van der Waals surface area contributed by atoms with Crippen molar-refractivity contribution >= 4 is 121 Å². The van der Waals surface area contributed by atoms with Gasteiger partial charge in [0, 0.05) is 65.0 Å². The van der Waals surface area contributed by atoms with Crippen LogP contribution in [0.1, 0.15) is 134 Å². The Balaban J connectivity index is 0.727. The zero-order valence-corrected chi connectivity index (χ0v) is 64.2. The number of fused-ring (bicyclic) bond motifs is 5. The van der Waals surface area contributed by atoms with Crippen molar-refractivity contribution in [3.63, 3.8) is 0 Å². The fourth-order valence-corrected chi connectivity index (χ4v) is 14.9. The second-order valence-electron chi connectivity index (χ2n) is 28.6. The first-order valence-corrected chi connectivity index (χ1v) is 38.6. The number of imidazole rings is 1. The Morgan fingerprint density at radius 3 is 2.11 bits per heavy atom. The van der Waals surface area contributed by atoms with Crippen molar-refractivity contribution in [1.29, 1.82) is 0 Å². The summed E-state index contributed by atoms with van der Waals surface area (Å²) in [4.78, 5) is 165. The second kappa shape index (κ2) is 36.1. The van der Waals surface area contributed by atoms with Crippen LogP contribution in [0.4, 0.5) is 32.3 Å². The highest BCUT2D eigenvalue weighted by Gasteiger charge is 2.52. The van der Waals surface area contributed by atoms with Crippen molar-refractivity contribution < 1.29 is 70.9 Å². The van der Waals surface area contributed by atoms with E-state index in [4.69, 9.17) is 26.7 Å². The van der Waals surface area contributed by atoms with E-state index in [1.165, 1.54) is 61.1 Å². The summed E-state index contributed by atoms with van der Waals surface area (Å²) in [5, 5.41) is 38.2. The van der Waals surface area contributed by atoms with Crippen LogP contribution in [0.25, 0.3) is 22.3 Å². The maximum Gasteiger partial charge on any atom is 0.355 e. The van der Waals surface area contributed by atoms with Gasteiger partial charge in [-0.05, 0) is 147 Å². The molecule has 1 unspecified atom stereocenters. The Hall–Kier alpha value is -11.8. The van der Waals surface area contributed by atoms with Gasteiger partial charge in [-0.3, -0.25) is 38.3 Å². The van der Waals surface area contributed by atoms with Gasteiger partial charge in [0.25, 0.3) is 15.6 Å². The summed E-state index contributed by atoms with van der Waals surface area (Å²) in [6.45, 7) is 14.2. The fraction of sp³-hybridized carbons (Fsp3) is 0.403. The van der Waals surface area contributed by atoms with Crippen LogP contribution in [0, 0.1) is 17.8 Å². The van der Waals surface area contributed by atoms with Gasteiger partial charge in [-0.15, -0.1) is 0 Å². The lowest BCUT2D eigenvalue weighted by atomic mass is 9.85. The quantitative estimate of drug-likeness (QED) is 0.0150. The van der Waals surface area contributed by atoms with Gasteiger partial charge in [-0.25, -0.2) is 37.6 Å². The number of aromatic amines is 1. The summed E-state index contributed by atoms with van der Waals surface area (Å²) in [6.07, 6.45) is 3.87. The monoisotopic (exact) mass is 1560 g/mol. The summed E-state index contributed by atoms with van der Waals surface area (Å²) >= 11 is 5.81. The van der Waals surface area contributed by atoms with Crippen LogP contribution in [0.15, 0.2) is 131 Å². The van der Waals surface area contributed by atoms with E-state index in [1.807, 2.05) is 65.0 Å². The summed E-state index contributed by atoms with van der Waals surface area (Å²) in [5.41, 5.74) is 1.85. The van der Waals surface area contributed by atoms with Crippen molar-refractivity contribution in [2.24, 2.45) is 17.8 Å². The molecule has 0 aliphatic carbocycles. The molecule has 10 rings (SSSR count). The third kappa shape index (κ3) is 20.4. The first-order valence-electron chi connectivity index (χ1n) is 36.7. The smallest absolute Gasteiger partial charge is 0.355 e. The summed E-state index contributed by atoms with van der Waals surface area (Å²) in [6, 6.07) is 20.5. The van der Waals surface area contributed by atoms with E-state index in [9.17, 15) is 66.3 Å². The summed E-state index contributed by atoms with van der Waals surface area (Å²) < 4.78 is 42.8. The molecule has 0 bridgehead atoms. The standard InChI is InChI=1S/C77H92N16O16S2/c1-9-27-79-74(104)83-50-18-14-20-53(33-50)111(106,107)91-51-19-13-17-46(32-51)57(36-64(95)96)89-75(105)82-48-23-25-49(26-24-48)84-76(110)92-28-15-22-61(92)70(100)88-58(29-42(3)4)67(97)80-38-63(94)85-59(30-43(5)6)68(98)87-60(34-52-37-78-41-81-52)69(99)90-65(44(7)8)72(102)109-77(10-2)55-35-62-66-47(31-45-16-11-12-21-56(45)86-66)39-93(62)71(101)54(55)40-108-73(77)103/h11-14,16-21,23-26,31-33,35,37,41-44,57-61,65,91H,9-10,15,22,27-30,34,36,38-40H2,1-8H3,(H,78,81)(H,80,97)(H,84,110)(H,85,94)(H,87,98)(H,88,100)(H,90,99)(H,95,96)(H2,79,83,104)(H2,82,89,105)/t57?,58-,59-,60-,61-,65-,77-/m0/s1. The number of rotatable bonds is 32. The Kier molecular flexibility index (Phi) is 26.6. The number of pyridine rings is 2. The lowest BCUT2D eigenvalue weighted by molar-refractivity contribution is -0.191. The molecule has 32 nitrogen and oxygen atoms in total. The molecule has 1 saturated heterocycles. The van der Waals surface area contributed by atoms with Crippen molar-refractivity contribution in [2.45, 2.75) is 167 Å². The van der Waals surface area contributed by atoms with Gasteiger partial charge in [0.2, 0.25) is 35.1 Å². The van der Waals surface area contributed by atoms with Crippen LogP contribution in [0.5, 0.6) is 0 Å². The number of para-hydroxylation sites is 1. The number of hydrogen-bond acceptors (Lipinski definition) is 18. The second-order valence-corrected chi connectivity index (χ2v) is 30.7. The minimum Gasteiger partial charge on any atom is -0.481 e. The number of carboxylic acids is 1. The van der Waals surface area contributed by atoms with Crippen molar-refractivity contribution in [3.05, 3.63) is 160 Å². The molecule has 7 aromatic rings. The zero-order chi connectivity index (χ0) is 80.0. The normalized spacial score (nSPS) is 16.3. The van der Waals surface area contributed by atoms with E-state index < -0.39 is 136 Å². The number of likely N-dealkylation sites (tertiary alicyclic amines) is 1. The van der Waals surface area contributed by atoms with E-state index >= 15 is 0 Å². The zero-order valence-electron chi connectivity index (χ0n) is 62.6. The number of aromatic nitrogens is 4. The molecule has 588 valence electrons. The number of cyclic esters (lactones) is 1. The number of amides is 9. The number of urea groups is 2. The van der Waals surface area contributed by atoms with Crippen molar-refractivity contribution in [3.8, 4) is 11.4 Å². The Morgan fingerprint density at radius 2 is 1.42 bits per heavy atom. The Labute approximate surface area is 646 Å². The van der Waals surface area contributed by atoms with Crippen LogP contribution in [-0.2, 0) is 83.0 Å². The topological polar surface area (TPSA) is 443 Å². The number of carboxylic acid groups (broad SMARTS) is 1. The lowest BCUT2D eigenvalue weighted by Gasteiger charge is -2.37. The molecule has 0 saturated carbocycles. The molecule has 4 aromatic carbocycles. The third-order valence-corrected chi connectivity index (χ3v) is 20.7. The number of nitrogens with zero attached hydrogens (tertiary/aromatic N) is 4. The average Bonchev–Trinajstić information content (AvgIpc) is 1.65. The molecule has 34 heteroatoms. The van der Waals surface area contributed by atoms with Gasteiger partial charge in [0.1, 0.15) is 36.8 Å². The molecular weight excluding hydrogens is 1470 g/mol. The number of H-pyrrole nitrogens is 1. The molecule has 3 aliphatic rings. The third-order valence-electron chi connectivity index (χ3n) is 19.0. The van der Waals surface area contributed by atoms with Crippen molar-refractivity contribution in [2.75, 3.05) is 40.3 Å². The Bertz CT molecular complexity index is 4860. The van der Waals surface area contributed by atoms with Gasteiger partial charge in [-0.1, -0.05) is 91.8 Å². The number of nitrogens with one attached hydrogen (secondary N) is 12. The summed E-state index contributed by atoms with van der Waals surface area (Å²) in [7, 11) is -4.22.